The number of anilines is 3. The van der Waals surface area contributed by atoms with Gasteiger partial charge in [-0.1, -0.05) is 12.1 Å². The van der Waals surface area contributed by atoms with E-state index in [1.54, 1.807) is 6.20 Å². The van der Waals surface area contributed by atoms with Gasteiger partial charge in [0.25, 0.3) is 0 Å². The number of H-pyrrole nitrogens is 1. The minimum absolute atomic E-state index is 0.682. The van der Waals surface area contributed by atoms with Crippen LogP contribution in [0.3, 0.4) is 0 Å². The molecule has 0 bridgehead atoms. The molecule has 5 aromatic rings. The van der Waals surface area contributed by atoms with Gasteiger partial charge >= 0.3 is 0 Å². The molecule has 0 spiro atoms. The predicted molar refractivity (Wildman–Crippen MR) is 137 cm³/mol. The van der Waals surface area contributed by atoms with Crippen molar-refractivity contribution in [1.29, 1.82) is 0 Å². The Labute approximate surface area is 198 Å². The number of aromatic amines is 1. The first-order valence-corrected chi connectivity index (χ1v) is 11.7. The highest BCUT2D eigenvalue weighted by molar-refractivity contribution is 5.84. The standard InChI is InChI=1S/C26H28N8/c1-32(2)21-9-12-33(13-10-21)22-7-5-20(6-8-22)29-25-26-27-11-14-34(26)17-24(30-25)18-3-4-19-16-28-31-23(19)15-18/h3-8,11,14-17,21H,9-10,12-13H2,1-2H3,(H,28,31)(H,29,30). The third-order valence-electron chi connectivity index (χ3n) is 6.80. The summed E-state index contributed by atoms with van der Waals surface area (Å²) >= 11 is 0. The van der Waals surface area contributed by atoms with Crippen LogP contribution >= 0.6 is 0 Å². The van der Waals surface area contributed by atoms with Crippen molar-refractivity contribution in [2.75, 3.05) is 37.4 Å². The maximum Gasteiger partial charge on any atom is 0.180 e. The molecule has 8 heteroatoms. The normalized spacial score (nSPS) is 15.0. The summed E-state index contributed by atoms with van der Waals surface area (Å²) in [6.45, 7) is 2.18. The van der Waals surface area contributed by atoms with Crippen molar-refractivity contribution < 1.29 is 0 Å². The zero-order valence-electron chi connectivity index (χ0n) is 19.4. The fourth-order valence-electron chi connectivity index (χ4n) is 4.78. The van der Waals surface area contributed by atoms with E-state index in [-0.39, 0.29) is 0 Å². The van der Waals surface area contributed by atoms with Crippen LogP contribution in [0, 0.1) is 0 Å². The van der Waals surface area contributed by atoms with Gasteiger partial charge in [-0.05, 0) is 57.3 Å². The lowest BCUT2D eigenvalue weighted by Crippen LogP contribution is -2.41. The number of imidazole rings is 1. The molecule has 0 saturated carbocycles. The van der Waals surface area contributed by atoms with Gasteiger partial charge in [0.15, 0.2) is 11.5 Å². The van der Waals surface area contributed by atoms with Crippen LogP contribution in [0.4, 0.5) is 17.2 Å². The molecule has 172 valence electrons. The van der Waals surface area contributed by atoms with Gasteiger partial charge in [-0.2, -0.15) is 5.10 Å². The van der Waals surface area contributed by atoms with E-state index in [1.807, 2.05) is 23.0 Å². The number of fused-ring (bicyclic) bond motifs is 2. The maximum atomic E-state index is 4.92. The highest BCUT2D eigenvalue weighted by Gasteiger charge is 2.20. The summed E-state index contributed by atoms with van der Waals surface area (Å²) in [6.07, 6.45) is 9.97. The Balaban J connectivity index is 1.25. The number of aromatic nitrogens is 5. The van der Waals surface area contributed by atoms with Gasteiger partial charge < -0.3 is 19.5 Å². The van der Waals surface area contributed by atoms with E-state index in [4.69, 9.17) is 4.98 Å². The van der Waals surface area contributed by atoms with Crippen LogP contribution in [-0.2, 0) is 0 Å². The van der Waals surface area contributed by atoms with Gasteiger partial charge in [0, 0.05) is 60.0 Å². The first kappa shape index (κ1) is 20.7. The number of piperidine rings is 1. The Morgan fingerprint density at radius 2 is 1.88 bits per heavy atom. The Bertz CT molecular complexity index is 1420. The second-order valence-electron chi connectivity index (χ2n) is 9.16. The summed E-state index contributed by atoms with van der Waals surface area (Å²) < 4.78 is 2.01. The molecule has 3 aromatic heterocycles. The van der Waals surface area contributed by atoms with Gasteiger partial charge in [0.1, 0.15) is 0 Å². The number of benzene rings is 2. The van der Waals surface area contributed by atoms with Crippen LogP contribution in [0.25, 0.3) is 27.8 Å². The van der Waals surface area contributed by atoms with E-state index in [0.29, 0.717) is 6.04 Å². The largest absolute Gasteiger partial charge is 0.371 e. The molecule has 4 heterocycles. The first-order chi connectivity index (χ1) is 16.6. The summed E-state index contributed by atoms with van der Waals surface area (Å²) in [7, 11) is 4.35. The van der Waals surface area contributed by atoms with E-state index < -0.39 is 0 Å². The monoisotopic (exact) mass is 452 g/mol. The van der Waals surface area contributed by atoms with Gasteiger partial charge in [0.2, 0.25) is 0 Å². The summed E-state index contributed by atoms with van der Waals surface area (Å²) in [5, 5.41) is 11.7. The molecule has 34 heavy (non-hydrogen) atoms. The van der Waals surface area contributed by atoms with Crippen molar-refractivity contribution >= 4 is 33.7 Å². The predicted octanol–water partition coefficient (Wildman–Crippen LogP) is 4.55. The lowest BCUT2D eigenvalue weighted by atomic mass is 10.0. The number of rotatable bonds is 5. The zero-order valence-corrected chi connectivity index (χ0v) is 19.4. The van der Waals surface area contributed by atoms with Crippen molar-refractivity contribution in [3.63, 3.8) is 0 Å². The number of hydrogen-bond acceptors (Lipinski definition) is 6. The van der Waals surface area contributed by atoms with E-state index >= 15 is 0 Å². The van der Waals surface area contributed by atoms with Gasteiger partial charge in [0.05, 0.1) is 17.4 Å². The second-order valence-corrected chi connectivity index (χ2v) is 9.16. The van der Waals surface area contributed by atoms with E-state index in [2.05, 4.69) is 86.9 Å². The summed E-state index contributed by atoms with van der Waals surface area (Å²) in [4.78, 5) is 14.3. The third-order valence-corrected chi connectivity index (χ3v) is 6.80. The molecule has 0 radical (unpaired) electrons. The van der Waals surface area contributed by atoms with Crippen LogP contribution in [0.5, 0.6) is 0 Å². The molecule has 0 aliphatic carbocycles. The fraction of sp³-hybridized carbons (Fsp3) is 0.269. The topological polar surface area (TPSA) is 77.4 Å². The molecule has 1 aliphatic rings. The van der Waals surface area contributed by atoms with Crippen LogP contribution in [0.2, 0.25) is 0 Å². The Morgan fingerprint density at radius 1 is 1.06 bits per heavy atom. The van der Waals surface area contributed by atoms with E-state index in [1.165, 1.54) is 18.5 Å². The van der Waals surface area contributed by atoms with Crippen LogP contribution in [0.1, 0.15) is 12.8 Å². The van der Waals surface area contributed by atoms with Crippen molar-refractivity contribution in [3.8, 4) is 11.3 Å². The third kappa shape index (κ3) is 3.86. The maximum absolute atomic E-state index is 4.92. The Hall–Kier alpha value is -3.91. The molecular formula is C26H28N8. The summed E-state index contributed by atoms with van der Waals surface area (Å²) in [5.74, 6) is 0.728. The van der Waals surface area contributed by atoms with Crippen LogP contribution in [-0.4, -0.2) is 62.7 Å². The average Bonchev–Trinajstić information content (AvgIpc) is 3.53. The molecule has 8 nitrogen and oxygen atoms in total. The van der Waals surface area contributed by atoms with Crippen LogP contribution in [0.15, 0.2) is 67.3 Å². The fourth-order valence-corrected chi connectivity index (χ4v) is 4.78. The number of nitrogens with one attached hydrogen (secondary N) is 2. The molecule has 1 aliphatic heterocycles. The lowest BCUT2D eigenvalue weighted by molar-refractivity contribution is 0.249. The Morgan fingerprint density at radius 3 is 2.68 bits per heavy atom. The number of nitrogens with zero attached hydrogens (tertiary/aromatic N) is 6. The molecule has 1 fully saturated rings. The molecule has 2 aromatic carbocycles. The molecule has 1 saturated heterocycles. The van der Waals surface area contributed by atoms with Crippen molar-refractivity contribution in [2.24, 2.45) is 0 Å². The second kappa shape index (κ2) is 8.46. The summed E-state index contributed by atoms with van der Waals surface area (Å²) in [6, 6.07) is 15.5. The SMILES string of the molecule is CN(C)C1CCN(c2ccc(Nc3nc(-c4ccc5cn[nH]c5c4)cn4ccnc34)cc2)CC1. The minimum Gasteiger partial charge on any atom is -0.371 e. The molecule has 0 atom stereocenters. The van der Waals surface area contributed by atoms with Crippen LogP contribution < -0.4 is 10.2 Å². The quantitative estimate of drug-likeness (QED) is 0.408. The van der Waals surface area contributed by atoms with E-state index in [0.717, 1.165) is 52.4 Å². The van der Waals surface area contributed by atoms with Gasteiger partial charge in [-0.25, -0.2) is 9.97 Å². The van der Waals surface area contributed by atoms with Crippen molar-refractivity contribution in [2.45, 2.75) is 18.9 Å². The number of hydrogen-bond donors (Lipinski definition) is 2. The molecule has 0 unspecified atom stereocenters. The summed E-state index contributed by atoms with van der Waals surface area (Å²) in [5.41, 5.74) is 5.93. The lowest BCUT2D eigenvalue weighted by Gasteiger charge is -2.36. The highest BCUT2D eigenvalue weighted by Crippen LogP contribution is 2.28. The first-order valence-electron chi connectivity index (χ1n) is 11.7. The molecular weight excluding hydrogens is 424 g/mol. The molecule has 6 rings (SSSR count). The zero-order chi connectivity index (χ0) is 23.1. The van der Waals surface area contributed by atoms with Crippen molar-refractivity contribution in [3.05, 3.63) is 67.3 Å². The average molecular weight is 453 g/mol. The highest BCUT2D eigenvalue weighted by atomic mass is 15.2. The minimum atomic E-state index is 0.682. The van der Waals surface area contributed by atoms with E-state index in [9.17, 15) is 0 Å². The van der Waals surface area contributed by atoms with Gasteiger partial charge in [-0.15, -0.1) is 0 Å². The Kier molecular flexibility index (Phi) is 5.15. The van der Waals surface area contributed by atoms with Crippen molar-refractivity contribution in [1.82, 2.24) is 29.5 Å². The molecule has 2 N–H and O–H groups in total. The molecule has 0 amide bonds. The smallest absolute Gasteiger partial charge is 0.180 e. The van der Waals surface area contributed by atoms with Gasteiger partial charge in [-0.3, -0.25) is 5.10 Å².